The number of rotatable bonds is 3. The molecule has 0 unspecified atom stereocenters. The highest BCUT2D eigenvalue weighted by atomic mass is 16.2. The van der Waals surface area contributed by atoms with Crippen molar-refractivity contribution in [1.29, 1.82) is 5.26 Å². The van der Waals surface area contributed by atoms with E-state index in [1.165, 1.54) is 0 Å². The zero-order valence-corrected chi connectivity index (χ0v) is 14.3. The highest BCUT2D eigenvalue weighted by molar-refractivity contribution is 5.92. The summed E-state index contributed by atoms with van der Waals surface area (Å²) in [5.74, 6) is -0.0633. The zero-order chi connectivity index (χ0) is 17.3. The summed E-state index contributed by atoms with van der Waals surface area (Å²) in [4.78, 5) is 19.0. The normalized spacial score (nSPS) is 17.1. The Morgan fingerprint density at radius 2 is 2.17 bits per heavy atom. The number of aryl methyl sites for hydroxylation is 3. The van der Waals surface area contributed by atoms with Crippen LogP contribution in [0.5, 0.6) is 0 Å². The van der Waals surface area contributed by atoms with Crippen molar-refractivity contribution in [3.8, 4) is 6.07 Å². The summed E-state index contributed by atoms with van der Waals surface area (Å²) >= 11 is 0. The van der Waals surface area contributed by atoms with Gasteiger partial charge in [0.05, 0.1) is 29.5 Å². The monoisotopic (exact) mass is 323 g/mol. The largest absolute Gasteiger partial charge is 0.332 e. The van der Waals surface area contributed by atoms with E-state index in [2.05, 4.69) is 16.2 Å². The highest BCUT2D eigenvalue weighted by Crippen LogP contribution is 2.22. The molecule has 1 saturated heterocycles. The molecule has 1 amide bonds. The fourth-order valence-electron chi connectivity index (χ4n) is 3.30. The molecule has 0 aliphatic carbocycles. The topological polar surface area (TPSA) is 74.8 Å². The minimum Gasteiger partial charge on any atom is -0.332 e. The SMILES string of the molecule is Cc1cc(C)n(C[C@@H]2CCCN2C(=O)c2ccc(C#N)c(C)n2)n1. The van der Waals surface area contributed by atoms with Crippen molar-refractivity contribution in [2.45, 2.75) is 46.2 Å². The van der Waals surface area contributed by atoms with E-state index < -0.39 is 0 Å². The molecule has 2 aromatic rings. The van der Waals surface area contributed by atoms with Crippen molar-refractivity contribution in [2.24, 2.45) is 0 Å². The van der Waals surface area contributed by atoms with Crippen molar-refractivity contribution in [3.63, 3.8) is 0 Å². The number of hydrogen-bond donors (Lipinski definition) is 0. The average molecular weight is 323 g/mol. The lowest BCUT2D eigenvalue weighted by Gasteiger charge is -2.25. The summed E-state index contributed by atoms with van der Waals surface area (Å²) in [7, 11) is 0. The van der Waals surface area contributed by atoms with Gasteiger partial charge in [0.25, 0.3) is 5.91 Å². The molecule has 0 saturated carbocycles. The van der Waals surface area contributed by atoms with Gasteiger partial charge in [0.15, 0.2) is 0 Å². The number of aromatic nitrogens is 3. The van der Waals surface area contributed by atoms with Gasteiger partial charge in [0.1, 0.15) is 11.8 Å². The summed E-state index contributed by atoms with van der Waals surface area (Å²) in [6.45, 7) is 7.22. The van der Waals surface area contributed by atoms with Gasteiger partial charge in [-0.3, -0.25) is 9.48 Å². The first-order valence-electron chi connectivity index (χ1n) is 8.19. The molecule has 0 spiro atoms. The van der Waals surface area contributed by atoms with Crippen molar-refractivity contribution in [2.75, 3.05) is 6.54 Å². The second-order valence-electron chi connectivity index (χ2n) is 6.35. The van der Waals surface area contributed by atoms with Crippen LogP contribution in [-0.2, 0) is 6.54 Å². The molecule has 3 heterocycles. The molecular formula is C18H21N5O. The van der Waals surface area contributed by atoms with Gasteiger partial charge >= 0.3 is 0 Å². The number of nitriles is 1. The third-order valence-electron chi connectivity index (χ3n) is 4.55. The Balaban J connectivity index is 1.80. The van der Waals surface area contributed by atoms with Gasteiger partial charge in [0.2, 0.25) is 0 Å². The second kappa shape index (κ2) is 6.44. The van der Waals surface area contributed by atoms with Crippen molar-refractivity contribution in [1.82, 2.24) is 19.7 Å². The molecule has 1 aliphatic rings. The first-order valence-corrected chi connectivity index (χ1v) is 8.19. The predicted octanol–water partition coefficient (Wildman–Crippen LogP) is 2.38. The summed E-state index contributed by atoms with van der Waals surface area (Å²) in [5, 5.41) is 13.5. The minimum absolute atomic E-state index is 0.0633. The minimum atomic E-state index is -0.0633. The number of hydrogen-bond acceptors (Lipinski definition) is 4. The summed E-state index contributed by atoms with van der Waals surface area (Å²) in [5.41, 5.74) is 3.61. The van der Waals surface area contributed by atoms with E-state index in [1.807, 2.05) is 29.5 Å². The molecule has 6 heteroatoms. The first kappa shape index (κ1) is 16.2. The van der Waals surface area contributed by atoms with E-state index in [-0.39, 0.29) is 11.9 Å². The Hall–Kier alpha value is -2.68. The first-order chi connectivity index (χ1) is 11.5. The molecule has 0 bridgehead atoms. The van der Waals surface area contributed by atoms with Crippen LogP contribution < -0.4 is 0 Å². The predicted molar refractivity (Wildman–Crippen MR) is 89.4 cm³/mol. The van der Waals surface area contributed by atoms with Gasteiger partial charge in [-0.05, 0) is 51.8 Å². The molecule has 1 atom stereocenters. The molecule has 0 N–H and O–H groups in total. The van der Waals surface area contributed by atoms with Crippen LogP contribution in [0.25, 0.3) is 0 Å². The van der Waals surface area contributed by atoms with E-state index in [0.29, 0.717) is 23.5 Å². The number of likely N-dealkylation sites (tertiary alicyclic amines) is 1. The smallest absolute Gasteiger partial charge is 0.272 e. The van der Waals surface area contributed by atoms with Gasteiger partial charge in [-0.1, -0.05) is 0 Å². The van der Waals surface area contributed by atoms with Gasteiger partial charge in [-0.2, -0.15) is 10.4 Å². The number of nitrogens with zero attached hydrogens (tertiary/aromatic N) is 5. The average Bonchev–Trinajstić information content (AvgIpc) is 3.13. The Bertz CT molecular complexity index is 817. The van der Waals surface area contributed by atoms with Crippen LogP contribution in [0.3, 0.4) is 0 Å². The molecule has 1 fully saturated rings. The highest BCUT2D eigenvalue weighted by Gasteiger charge is 2.31. The molecule has 3 rings (SSSR count). The molecule has 0 aromatic carbocycles. The fraction of sp³-hybridized carbons (Fsp3) is 0.444. The molecule has 1 aliphatic heterocycles. The maximum absolute atomic E-state index is 12.8. The summed E-state index contributed by atoms with van der Waals surface area (Å²) in [6, 6.07) is 7.58. The Morgan fingerprint density at radius 3 is 2.79 bits per heavy atom. The quantitative estimate of drug-likeness (QED) is 0.869. The van der Waals surface area contributed by atoms with E-state index in [9.17, 15) is 4.79 Å². The van der Waals surface area contributed by atoms with Crippen LogP contribution >= 0.6 is 0 Å². The van der Waals surface area contributed by atoms with Gasteiger partial charge < -0.3 is 4.90 Å². The standard InChI is InChI=1S/C18H21N5O/c1-12-9-13(2)23(21-12)11-16-5-4-8-22(16)18(24)17-7-6-15(10-19)14(3)20-17/h6-7,9,16H,4-5,8,11H2,1-3H3/t16-/m0/s1. The van der Waals surface area contributed by atoms with E-state index in [4.69, 9.17) is 5.26 Å². The van der Waals surface area contributed by atoms with Crippen LogP contribution in [-0.4, -0.2) is 38.2 Å². The van der Waals surface area contributed by atoms with Crippen molar-refractivity contribution >= 4 is 5.91 Å². The van der Waals surface area contributed by atoms with E-state index in [0.717, 1.165) is 30.8 Å². The van der Waals surface area contributed by atoms with Crippen LogP contribution in [0.2, 0.25) is 0 Å². The lowest BCUT2D eigenvalue weighted by Crippen LogP contribution is -2.39. The zero-order valence-electron chi connectivity index (χ0n) is 14.3. The summed E-state index contributed by atoms with van der Waals surface area (Å²) in [6.07, 6.45) is 1.96. The number of amides is 1. The van der Waals surface area contributed by atoms with Crippen LogP contribution in [0.1, 0.15) is 46.0 Å². The Morgan fingerprint density at radius 1 is 1.38 bits per heavy atom. The van der Waals surface area contributed by atoms with E-state index >= 15 is 0 Å². The maximum atomic E-state index is 12.8. The molecule has 124 valence electrons. The third-order valence-corrected chi connectivity index (χ3v) is 4.55. The molecule has 0 radical (unpaired) electrons. The molecular weight excluding hydrogens is 302 g/mol. The molecule has 2 aromatic heterocycles. The summed E-state index contributed by atoms with van der Waals surface area (Å²) < 4.78 is 1.98. The van der Waals surface area contributed by atoms with Crippen LogP contribution in [0.4, 0.5) is 0 Å². The number of pyridine rings is 1. The molecule has 24 heavy (non-hydrogen) atoms. The Kier molecular flexibility index (Phi) is 4.34. The van der Waals surface area contributed by atoms with Gasteiger partial charge in [0, 0.05) is 12.2 Å². The molecule has 6 nitrogen and oxygen atoms in total. The van der Waals surface area contributed by atoms with Crippen LogP contribution in [0, 0.1) is 32.1 Å². The van der Waals surface area contributed by atoms with E-state index in [1.54, 1.807) is 19.1 Å². The lowest BCUT2D eigenvalue weighted by molar-refractivity contribution is 0.0715. The van der Waals surface area contributed by atoms with Gasteiger partial charge in [-0.25, -0.2) is 4.98 Å². The Labute approximate surface area is 141 Å². The lowest BCUT2D eigenvalue weighted by atomic mass is 10.1. The maximum Gasteiger partial charge on any atom is 0.272 e. The fourth-order valence-corrected chi connectivity index (χ4v) is 3.30. The van der Waals surface area contributed by atoms with Crippen LogP contribution in [0.15, 0.2) is 18.2 Å². The third kappa shape index (κ3) is 3.02. The number of carbonyl (C=O) groups is 1. The van der Waals surface area contributed by atoms with Gasteiger partial charge in [-0.15, -0.1) is 0 Å². The van der Waals surface area contributed by atoms with Crippen molar-refractivity contribution < 1.29 is 4.79 Å². The second-order valence-corrected chi connectivity index (χ2v) is 6.35. The van der Waals surface area contributed by atoms with Crippen molar-refractivity contribution in [3.05, 3.63) is 46.5 Å². The number of carbonyl (C=O) groups excluding carboxylic acids is 1.